The van der Waals surface area contributed by atoms with E-state index in [0.717, 1.165) is 44.1 Å². The van der Waals surface area contributed by atoms with Crippen molar-refractivity contribution in [2.45, 2.75) is 99.0 Å². The van der Waals surface area contributed by atoms with Crippen LogP contribution in [0.2, 0.25) is 0 Å². The predicted octanol–water partition coefficient (Wildman–Crippen LogP) is 6.54. The molecule has 6 rings (SSSR count). The summed E-state index contributed by atoms with van der Waals surface area (Å²) in [6.07, 6.45) is 9.48. The van der Waals surface area contributed by atoms with Gasteiger partial charge in [-0.15, -0.1) is 0 Å². The fraction of sp³-hybridized carbons (Fsp3) is 0.735. The van der Waals surface area contributed by atoms with Gasteiger partial charge in [0.2, 0.25) is 5.89 Å². The van der Waals surface area contributed by atoms with Gasteiger partial charge in [0.1, 0.15) is 12.7 Å². The van der Waals surface area contributed by atoms with Gasteiger partial charge < -0.3 is 9.26 Å². The van der Waals surface area contributed by atoms with Gasteiger partial charge in [-0.2, -0.15) is 10.2 Å². The lowest BCUT2D eigenvalue weighted by atomic mass is 9.34. The maximum absolute atomic E-state index is 14.7. The number of Topliss-reactive ketones (excluding diaryl/α,β-unsaturated/α-hetero) is 1. The average molecular weight is 560 g/mol. The summed E-state index contributed by atoms with van der Waals surface area (Å²) < 4.78 is 11.3. The molecule has 0 radical (unpaired) electrons. The van der Waals surface area contributed by atoms with Crippen molar-refractivity contribution in [2.24, 2.45) is 51.2 Å². The predicted molar refractivity (Wildman–Crippen MR) is 153 cm³/mol. The van der Waals surface area contributed by atoms with E-state index in [2.05, 4.69) is 45.8 Å². The van der Waals surface area contributed by atoms with Crippen molar-refractivity contribution in [1.82, 2.24) is 10.1 Å². The fourth-order valence-electron chi connectivity index (χ4n) is 10.9. The number of nitrogens with zero attached hydrogens (tertiary/aromatic N) is 3. The highest BCUT2D eigenvalue weighted by atomic mass is 16.5. The number of nitriles is 1. The van der Waals surface area contributed by atoms with Gasteiger partial charge >= 0.3 is 0 Å². The van der Waals surface area contributed by atoms with Gasteiger partial charge in [-0.3, -0.25) is 9.59 Å². The molecule has 0 unspecified atom stereocenters. The Hall–Kier alpha value is -2.59. The second kappa shape index (κ2) is 8.96. The highest BCUT2D eigenvalue weighted by Gasteiger charge is 2.71. The molecule has 1 aromatic heterocycles. The number of hydrogen-bond donors (Lipinski definition) is 0. The second-order valence-corrected chi connectivity index (χ2v) is 15.3. The summed E-state index contributed by atoms with van der Waals surface area (Å²) in [4.78, 5) is 32.8. The number of rotatable bonds is 3. The Morgan fingerprint density at radius 2 is 1.80 bits per heavy atom. The van der Waals surface area contributed by atoms with E-state index in [1.807, 2.05) is 26.0 Å². The number of methoxy groups -OCH3 is 1. The van der Waals surface area contributed by atoms with E-state index in [1.54, 1.807) is 7.11 Å². The van der Waals surface area contributed by atoms with Crippen LogP contribution in [0, 0.1) is 62.6 Å². The van der Waals surface area contributed by atoms with Crippen molar-refractivity contribution in [3.63, 3.8) is 0 Å². The molecule has 3 fully saturated rings. The summed E-state index contributed by atoms with van der Waals surface area (Å²) in [6.45, 7) is 15.8. The molecule has 1 heterocycles. The van der Waals surface area contributed by atoms with Crippen molar-refractivity contribution in [1.29, 1.82) is 5.26 Å². The topological polar surface area (TPSA) is 106 Å². The molecule has 220 valence electrons. The van der Waals surface area contributed by atoms with E-state index in [9.17, 15) is 14.9 Å². The van der Waals surface area contributed by atoms with Gasteiger partial charge in [0, 0.05) is 23.9 Å². The smallest absolute Gasteiger partial charge is 0.233 e. The first kappa shape index (κ1) is 28.5. The minimum Gasteiger partial charge on any atom is -0.377 e. The van der Waals surface area contributed by atoms with Crippen molar-refractivity contribution >= 4 is 11.6 Å². The van der Waals surface area contributed by atoms with Crippen molar-refractivity contribution in [2.75, 3.05) is 7.11 Å². The van der Waals surface area contributed by atoms with E-state index in [4.69, 9.17) is 14.2 Å². The molecule has 0 N–H and O–H groups in total. The lowest BCUT2D eigenvalue weighted by Gasteiger charge is -2.69. The van der Waals surface area contributed by atoms with Crippen LogP contribution in [-0.4, -0.2) is 28.8 Å². The summed E-state index contributed by atoms with van der Waals surface area (Å²) in [5, 5.41) is 14.2. The fourth-order valence-corrected chi connectivity index (χ4v) is 10.9. The van der Waals surface area contributed by atoms with Gasteiger partial charge in [-0.1, -0.05) is 65.3 Å². The minimum absolute atomic E-state index is 0.0424. The van der Waals surface area contributed by atoms with E-state index >= 15 is 0 Å². The van der Waals surface area contributed by atoms with Crippen LogP contribution in [-0.2, 0) is 26.3 Å². The van der Waals surface area contributed by atoms with Crippen LogP contribution in [0.3, 0.4) is 0 Å². The molecule has 7 heteroatoms. The van der Waals surface area contributed by atoms with Crippen LogP contribution >= 0.6 is 0 Å². The summed E-state index contributed by atoms with van der Waals surface area (Å²) in [5.74, 6) is 2.11. The summed E-state index contributed by atoms with van der Waals surface area (Å²) in [5.41, 5.74) is -0.677. The van der Waals surface area contributed by atoms with Crippen LogP contribution < -0.4 is 0 Å². The highest BCUT2D eigenvalue weighted by Crippen LogP contribution is 2.74. The number of ether oxygens (including phenoxy) is 1. The third-order valence-electron chi connectivity index (χ3n) is 13.4. The minimum atomic E-state index is -0.662. The van der Waals surface area contributed by atoms with E-state index in [-0.39, 0.29) is 51.1 Å². The molecule has 9 atom stereocenters. The summed E-state index contributed by atoms with van der Waals surface area (Å²) in [6, 6.07) is 2.20. The number of aromatic nitrogens is 2. The summed E-state index contributed by atoms with van der Waals surface area (Å²) in [7, 11) is 1.63. The standard InChI is InChI=1S/C34H45N3O4/c1-19-9-12-34(29-36-25(18-40-8)37-41-29)14-13-33(7)27(26(34)20(19)2)22(38)15-24-31(5)16-21(17-35)28(39)30(3,4)23(31)10-11-32(24,33)6/h15-16,19-20,23,26-27H,9-14,18H2,1-8H3/t19-,20+,23+,26+,27-,31+,32-,33-,34+/m1/s1. The van der Waals surface area contributed by atoms with Crippen LogP contribution in [0.5, 0.6) is 0 Å². The summed E-state index contributed by atoms with van der Waals surface area (Å²) >= 11 is 0. The van der Waals surface area contributed by atoms with Crippen LogP contribution in [0.15, 0.2) is 27.8 Å². The SMILES string of the molecule is COCc1noc([C@]23CC[C@@H](C)[C@H](C)[C@H]2[C@H]2C(=O)C=C4[C@@]5(C)C=C(C#N)C(=O)C(C)(C)[C@@H]5CC[C@@]4(C)[C@]2(C)CC3)n1. The quantitative estimate of drug-likeness (QED) is 0.414. The second-order valence-electron chi connectivity index (χ2n) is 15.3. The van der Waals surface area contributed by atoms with Gasteiger partial charge in [0.05, 0.1) is 11.0 Å². The van der Waals surface area contributed by atoms with Crippen LogP contribution in [0.25, 0.3) is 0 Å². The van der Waals surface area contributed by atoms with E-state index in [0.29, 0.717) is 30.2 Å². The Kier molecular flexibility index (Phi) is 6.23. The number of hydrogen-bond acceptors (Lipinski definition) is 7. The Bertz CT molecular complexity index is 1410. The number of carbonyl (C=O) groups is 2. The third kappa shape index (κ3) is 3.46. The zero-order valence-corrected chi connectivity index (χ0v) is 26.0. The lowest BCUT2D eigenvalue weighted by molar-refractivity contribution is -0.166. The van der Waals surface area contributed by atoms with Crippen molar-refractivity contribution in [3.05, 3.63) is 35.0 Å². The molecular weight excluding hydrogens is 514 g/mol. The Morgan fingerprint density at radius 3 is 2.49 bits per heavy atom. The first-order chi connectivity index (χ1) is 19.2. The number of fused-ring (bicyclic) bond motifs is 7. The molecule has 7 nitrogen and oxygen atoms in total. The van der Waals surface area contributed by atoms with Gasteiger partial charge in [0.15, 0.2) is 17.4 Å². The third-order valence-corrected chi connectivity index (χ3v) is 13.4. The number of carbonyl (C=O) groups excluding carboxylic acids is 2. The average Bonchev–Trinajstić information content (AvgIpc) is 3.39. The lowest BCUT2D eigenvalue weighted by Crippen LogP contribution is -2.66. The molecule has 41 heavy (non-hydrogen) atoms. The van der Waals surface area contributed by atoms with E-state index in [1.165, 1.54) is 0 Å². The Balaban J connectivity index is 1.52. The maximum atomic E-state index is 14.7. The monoisotopic (exact) mass is 559 g/mol. The molecular formula is C34H45N3O4. The van der Waals surface area contributed by atoms with Gasteiger partial charge in [-0.05, 0) is 79.1 Å². The van der Waals surface area contributed by atoms with Gasteiger partial charge in [-0.25, -0.2) is 0 Å². The number of allylic oxidation sites excluding steroid dienone is 4. The molecule has 1 aromatic rings. The molecule has 0 aromatic carbocycles. The normalized spacial score (nSPS) is 44.9. The Morgan fingerprint density at radius 1 is 1.07 bits per heavy atom. The van der Waals surface area contributed by atoms with Crippen molar-refractivity contribution < 1.29 is 18.8 Å². The van der Waals surface area contributed by atoms with Crippen molar-refractivity contribution in [3.8, 4) is 6.07 Å². The molecule has 0 bridgehead atoms. The largest absolute Gasteiger partial charge is 0.377 e. The molecule has 0 spiro atoms. The Labute approximate surface area is 244 Å². The molecule has 0 aliphatic heterocycles. The van der Waals surface area contributed by atoms with E-state index < -0.39 is 10.8 Å². The van der Waals surface area contributed by atoms with Gasteiger partial charge in [0.25, 0.3) is 0 Å². The zero-order chi connectivity index (χ0) is 29.8. The molecule has 0 amide bonds. The zero-order valence-electron chi connectivity index (χ0n) is 26.0. The maximum Gasteiger partial charge on any atom is 0.233 e. The number of ketones is 2. The molecule has 3 saturated carbocycles. The first-order valence-electron chi connectivity index (χ1n) is 15.5. The highest BCUT2D eigenvalue weighted by molar-refractivity contribution is 6.04. The van der Waals surface area contributed by atoms with Crippen LogP contribution in [0.4, 0.5) is 0 Å². The first-order valence-corrected chi connectivity index (χ1v) is 15.5. The molecule has 5 aliphatic carbocycles. The molecule has 0 saturated heterocycles. The van der Waals surface area contributed by atoms with Crippen LogP contribution in [0.1, 0.15) is 98.7 Å². The molecule has 5 aliphatic rings.